The van der Waals surface area contributed by atoms with Gasteiger partial charge in [0, 0.05) is 46.2 Å². The summed E-state index contributed by atoms with van der Waals surface area (Å²) in [6, 6.07) is 0.304. The number of aromatic nitrogens is 6. The normalized spacial score (nSPS) is 26.1. The number of hydrogen-bond donors (Lipinski definition) is 1. The van der Waals surface area contributed by atoms with E-state index in [1.165, 1.54) is 21.6 Å². The predicted octanol–water partition coefficient (Wildman–Crippen LogP) is 3.65. The SMILES string of the molecule is CO[C@H]1CCN(C(=O)[C@@H]2CCC(F)(F)CO2)[C@@H](c2cnn3cc(C(NC(=O)c4ccnn4C)C4CCC(F)(F)CC4)nc3n2)C1. The molecular weight excluding hydrogens is 600 g/mol. The molecule has 1 saturated carbocycles. The molecule has 3 aliphatic rings. The Morgan fingerprint density at radius 3 is 2.49 bits per heavy atom. The number of nitrogens with one attached hydrogen (secondary N) is 1. The van der Waals surface area contributed by atoms with E-state index in [2.05, 4.69) is 20.5 Å². The van der Waals surface area contributed by atoms with Crippen molar-refractivity contribution in [3.05, 3.63) is 41.7 Å². The molecule has 3 aromatic heterocycles. The summed E-state index contributed by atoms with van der Waals surface area (Å²) in [6.45, 7) is -0.485. The number of aryl methyl sites for hydroxylation is 1. The maximum absolute atomic E-state index is 14.0. The number of rotatable bonds is 7. The van der Waals surface area contributed by atoms with E-state index in [4.69, 9.17) is 14.5 Å². The van der Waals surface area contributed by atoms with Crippen LogP contribution in [0.1, 0.15) is 85.3 Å². The average molecular weight is 637 g/mol. The number of hydrogen-bond acceptors (Lipinski definition) is 8. The van der Waals surface area contributed by atoms with Crippen molar-refractivity contribution in [2.75, 3.05) is 20.3 Å². The van der Waals surface area contributed by atoms with Crippen LogP contribution in [0.3, 0.4) is 0 Å². The van der Waals surface area contributed by atoms with Crippen LogP contribution >= 0.6 is 0 Å². The molecule has 0 spiro atoms. The minimum atomic E-state index is -2.96. The van der Waals surface area contributed by atoms with Gasteiger partial charge in [-0.3, -0.25) is 14.3 Å². The van der Waals surface area contributed by atoms with E-state index in [1.54, 1.807) is 31.3 Å². The van der Waals surface area contributed by atoms with Crippen LogP contribution in [0.15, 0.2) is 24.7 Å². The van der Waals surface area contributed by atoms with Crippen molar-refractivity contribution in [1.29, 1.82) is 0 Å². The summed E-state index contributed by atoms with van der Waals surface area (Å²) < 4.78 is 69.2. The highest BCUT2D eigenvalue weighted by molar-refractivity contribution is 5.92. The highest BCUT2D eigenvalue weighted by atomic mass is 19.3. The Morgan fingerprint density at radius 1 is 1.07 bits per heavy atom. The van der Waals surface area contributed by atoms with Gasteiger partial charge in [0.25, 0.3) is 23.5 Å². The minimum absolute atomic E-state index is 0.0872. The van der Waals surface area contributed by atoms with E-state index < -0.39 is 49.0 Å². The van der Waals surface area contributed by atoms with Crippen molar-refractivity contribution >= 4 is 17.6 Å². The second-order valence-electron chi connectivity index (χ2n) is 12.2. The highest BCUT2D eigenvalue weighted by Crippen LogP contribution is 2.41. The number of piperidine rings is 1. The predicted molar refractivity (Wildman–Crippen MR) is 150 cm³/mol. The Morgan fingerprint density at radius 2 is 1.82 bits per heavy atom. The Labute approximate surface area is 256 Å². The lowest BCUT2D eigenvalue weighted by Gasteiger charge is -2.41. The molecule has 0 bridgehead atoms. The molecule has 4 atom stereocenters. The monoisotopic (exact) mass is 636 g/mol. The number of imidazole rings is 1. The Bertz CT molecular complexity index is 1530. The van der Waals surface area contributed by atoms with Gasteiger partial charge in [0.2, 0.25) is 5.92 Å². The maximum Gasteiger partial charge on any atom is 0.271 e. The maximum atomic E-state index is 14.0. The van der Waals surface area contributed by atoms with Gasteiger partial charge in [-0.1, -0.05) is 0 Å². The molecule has 1 N–H and O–H groups in total. The van der Waals surface area contributed by atoms with E-state index in [9.17, 15) is 27.2 Å². The number of nitrogens with zero attached hydrogens (tertiary/aromatic N) is 7. The fraction of sp³-hybridized carbons (Fsp3) is 0.655. The Hall–Kier alpha value is -3.66. The number of halogens is 4. The van der Waals surface area contributed by atoms with Crippen LogP contribution < -0.4 is 5.32 Å². The third kappa shape index (κ3) is 6.66. The summed E-state index contributed by atoms with van der Waals surface area (Å²) in [7, 11) is 3.22. The first-order valence-electron chi connectivity index (χ1n) is 15.1. The Kier molecular flexibility index (Phi) is 8.54. The van der Waals surface area contributed by atoms with Crippen LogP contribution in [-0.4, -0.2) is 90.4 Å². The van der Waals surface area contributed by atoms with E-state index >= 15 is 0 Å². The third-order valence-corrected chi connectivity index (χ3v) is 9.18. The molecule has 3 aromatic rings. The molecule has 16 heteroatoms. The van der Waals surface area contributed by atoms with Gasteiger partial charge in [0.05, 0.1) is 42.0 Å². The molecule has 0 aromatic carbocycles. The Balaban J connectivity index is 1.28. The van der Waals surface area contributed by atoms with Crippen LogP contribution in [-0.2, 0) is 21.3 Å². The lowest BCUT2D eigenvalue weighted by atomic mass is 9.81. The van der Waals surface area contributed by atoms with Crippen LogP contribution in [0.4, 0.5) is 17.6 Å². The molecule has 2 saturated heterocycles. The zero-order valence-electron chi connectivity index (χ0n) is 25.0. The van der Waals surface area contributed by atoms with Gasteiger partial charge in [-0.2, -0.15) is 10.2 Å². The molecule has 0 radical (unpaired) electrons. The molecule has 2 amide bonds. The van der Waals surface area contributed by atoms with Gasteiger partial charge < -0.3 is 19.7 Å². The molecule has 1 unspecified atom stereocenters. The molecule has 5 heterocycles. The number of alkyl halides is 4. The third-order valence-electron chi connectivity index (χ3n) is 9.18. The number of methoxy groups -OCH3 is 1. The van der Waals surface area contributed by atoms with Crippen molar-refractivity contribution in [3.8, 4) is 0 Å². The number of likely N-dealkylation sites (tertiary alicyclic amines) is 1. The zero-order chi connectivity index (χ0) is 31.9. The van der Waals surface area contributed by atoms with Gasteiger partial charge in [0.15, 0.2) is 0 Å². The van der Waals surface area contributed by atoms with Crippen LogP contribution in [0.5, 0.6) is 0 Å². The highest BCUT2D eigenvalue weighted by Gasteiger charge is 2.43. The van der Waals surface area contributed by atoms with Crippen LogP contribution in [0.2, 0.25) is 0 Å². The van der Waals surface area contributed by atoms with Crippen molar-refractivity contribution in [2.45, 2.75) is 87.5 Å². The van der Waals surface area contributed by atoms with E-state index in [1.807, 2.05) is 0 Å². The summed E-state index contributed by atoms with van der Waals surface area (Å²) in [5, 5.41) is 11.5. The standard InChI is InChI=1S/C29H36F4N8O4/c1-39-21(6-11-34-39)25(42)38-24(17-3-8-28(30,31)9-4-17)20-15-41-27(37-20)36-19(14-35-41)22-13-18(44-2)7-12-40(22)26(43)23-5-10-29(32,33)16-45-23/h6,11,14-15,17-18,22-24H,3-5,7-10,12-13,16H2,1-2H3,(H,38,42)/t18-,22+,23-,24?/m0/s1. The molecule has 45 heavy (non-hydrogen) atoms. The van der Waals surface area contributed by atoms with Gasteiger partial charge in [-0.05, 0) is 44.1 Å². The van der Waals surface area contributed by atoms with E-state index in [0.717, 1.165) is 0 Å². The van der Waals surface area contributed by atoms with Gasteiger partial charge >= 0.3 is 0 Å². The minimum Gasteiger partial charge on any atom is -0.381 e. The lowest BCUT2D eigenvalue weighted by molar-refractivity contribution is -0.174. The lowest BCUT2D eigenvalue weighted by Crippen LogP contribution is -2.50. The van der Waals surface area contributed by atoms with Crippen LogP contribution in [0, 0.1) is 5.92 Å². The first-order valence-corrected chi connectivity index (χ1v) is 15.1. The molecule has 244 valence electrons. The van der Waals surface area contributed by atoms with Crippen molar-refractivity contribution in [2.24, 2.45) is 13.0 Å². The summed E-state index contributed by atoms with van der Waals surface area (Å²) >= 11 is 0. The topological polar surface area (TPSA) is 129 Å². The zero-order valence-corrected chi connectivity index (χ0v) is 25.0. The van der Waals surface area contributed by atoms with E-state index in [-0.39, 0.29) is 55.8 Å². The first kappa shape index (κ1) is 31.3. The largest absolute Gasteiger partial charge is 0.381 e. The fourth-order valence-corrected chi connectivity index (χ4v) is 6.55. The van der Waals surface area contributed by atoms with E-state index in [0.29, 0.717) is 36.5 Å². The molecule has 6 rings (SSSR count). The number of amides is 2. The smallest absolute Gasteiger partial charge is 0.271 e. The molecule has 12 nitrogen and oxygen atoms in total. The fourth-order valence-electron chi connectivity index (χ4n) is 6.55. The number of carbonyl (C=O) groups excluding carboxylic acids is 2. The van der Waals surface area contributed by atoms with Crippen molar-refractivity contribution in [3.63, 3.8) is 0 Å². The summed E-state index contributed by atoms with van der Waals surface area (Å²) in [5.41, 5.74) is 1.16. The summed E-state index contributed by atoms with van der Waals surface area (Å²) in [6.07, 6.45) is 3.72. The van der Waals surface area contributed by atoms with Crippen molar-refractivity contribution in [1.82, 2.24) is 39.6 Å². The molecule has 2 aliphatic heterocycles. The number of carbonyl (C=O) groups is 2. The molecular formula is C29H36F4N8O4. The van der Waals surface area contributed by atoms with Gasteiger partial charge in [-0.25, -0.2) is 32.0 Å². The summed E-state index contributed by atoms with van der Waals surface area (Å²) in [5.74, 6) is -6.62. The second-order valence-corrected chi connectivity index (χ2v) is 12.2. The first-order chi connectivity index (χ1) is 21.4. The average Bonchev–Trinajstić information content (AvgIpc) is 3.65. The quantitative estimate of drug-likeness (QED) is 0.390. The molecule has 1 aliphatic carbocycles. The molecule has 3 fully saturated rings. The number of fused-ring (bicyclic) bond motifs is 1. The second kappa shape index (κ2) is 12.3. The van der Waals surface area contributed by atoms with Gasteiger partial charge in [-0.15, -0.1) is 0 Å². The van der Waals surface area contributed by atoms with Gasteiger partial charge in [0.1, 0.15) is 18.4 Å². The van der Waals surface area contributed by atoms with Crippen LogP contribution in [0.25, 0.3) is 5.78 Å². The summed E-state index contributed by atoms with van der Waals surface area (Å²) in [4.78, 5) is 37.7. The number of ether oxygens (including phenoxy) is 2. The van der Waals surface area contributed by atoms with Crippen molar-refractivity contribution < 1.29 is 36.6 Å².